The lowest BCUT2D eigenvalue weighted by Gasteiger charge is -2.16. The Hall–Kier alpha value is -0.910. The van der Waals surface area contributed by atoms with E-state index in [4.69, 9.17) is 0 Å². The molecular formula is C14H27N3O2S. The number of hydrogen-bond donors (Lipinski definition) is 3. The second kappa shape index (κ2) is 7.76. The molecule has 0 saturated carbocycles. The van der Waals surface area contributed by atoms with Crippen LogP contribution in [-0.2, 0) is 4.79 Å². The predicted molar refractivity (Wildman–Crippen MR) is 84.0 cm³/mol. The zero-order valence-electron chi connectivity index (χ0n) is 11.6. The molecule has 3 N–H and O–H groups in total. The molecule has 0 aromatic rings. The summed E-state index contributed by atoms with van der Waals surface area (Å²) in [6.07, 6.45) is 3.65. The lowest BCUT2D eigenvalue weighted by Crippen LogP contribution is -2.36. The Balaban J connectivity index is 0.00000200. The van der Waals surface area contributed by atoms with Gasteiger partial charge in [-0.25, -0.2) is 4.79 Å². The van der Waals surface area contributed by atoms with Gasteiger partial charge in [-0.2, -0.15) is 11.8 Å². The van der Waals surface area contributed by atoms with Gasteiger partial charge in [0.05, 0.1) is 12.1 Å². The van der Waals surface area contributed by atoms with E-state index in [9.17, 15) is 9.59 Å². The fourth-order valence-corrected chi connectivity index (χ4v) is 4.21. The molecule has 2 saturated heterocycles. The highest BCUT2D eigenvalue weighted by atomic mass is 32.2. The van der Waals surface area contributed by atoms with Crippen LogP contribution in [0, 0.1) is 0 Å². The number of unbranched alkanes of at least 4 members (excludes halogenated alkanes) is 1. The van der Waals surface area contributed by atoms with Gasteiger partial charge in [-0.05, 0) is 26.7 Å². The first-order chi connectivity index (χ1) is 9.06. The van der Waals surface area contributed by atoms with E-state index in [-0.39, 0.29) is 31.4 Å². The minimum Gasteiger partial charge on any atom is -0.354 e. The molecule has 20 heavy (non-hydrogen) atoms. The average molecular weight is 301 g/mol. The number of amides is 3. The van der Waals surface area contributed by atoms with Crippen molar-refractivity contribution in [1.29, 1.82) is 0 Å². The Morgan fingerprint density at radius 3 is 2.85 bits per heavy atom. The Morgan fingerprint density at radius 2 is 2.15 bits per heavy atom. The first kappa shape index (κ1) is 17.1. The molecule has 2 rings (SSSR count). The molecule has 0 radical (unpaired) electrons. The van der Waals surface area contributed by atoms with Crippen molar-refractivity contribution in [1.82, 2.24) is 16.0 Å². The van der Waals surface area contributed by atoms with Crippen LogP contribution >= 0.6 is 11.8 Å². The van der Waals surface area contributed by atoms with Crippen molar-refractivity contribution in [2.45, 2.75) is 70.3 Å². The highest BCUT2D eigenvalue weighted by Crippen LogP contribution is 2.33. The molecule has 2 aliphatic heterocycles. The third-order valence-corrected chi connectivity index (χ3v) is 5.04. The fraction of sp³-hybridized carbons (Fsp3) is 0.857. The lowest BCUT2D eigenvalue weighted by molar-refractivity contribution is -0.121. The summed E-state index contributed by atoms with van der Waals surface area (Å²) in [5.74, 6) is 1.14. The van der Waals surface area contributed by atoms with Crippen LogP contribution in [-0.4, -0.2) is 41.1 Å². The van der Waals surface area contributed by atoms with E-state index in [2.05, 4.69) is 16.0 Å². The number of fused-ring (bicyclic) bond motifs is 1. The van der Waals surface area contributed by atoms with Crippen molar-refractivity contribution in [3.63, 3.8) is 0 Å². The van der Waals surface area contributed by atoms with E-state index in [0.29, 0.717) is 17.7 Å². The molecule has 0 unspecified atom stereocenters. The number of rotatable bonds is 6. The normalized spacial score (nSPS) is 27.6. The van der Waals surface area contributed by atoms with Crippen LogP contribution < -0.4 is 16.0 Å². The maximum absolute atomic E-state index is 11.5. The number of nitrogens with one attached hydrogen (secondary N) is 3. The Bertz CT molecular complexity index is 349. The van der Waals surface area contributed by atoms with Gasteiger partial charge >= 0.3 is 6.03 Å². The minimum absolute atomic E-state index is 0. The number of carbonyl (C=O) groups is 2. The van der Waals surface area contributed by atoms with Crippen molar-refractivity contribution in [2.75, 3.05) is 5.75 Å². The quantitative estimate of drug-likeness (QED) is 0.518. The molecule has 0 aromatic heterocycles. The van der Waals surface area contributed by atoms with Gasteiger partial charge in [-0.15, -0.1) is 0 Å². The van der Waals surface area contributed by atoms with Crippen molar-refractivity contribution < 1.29 is 9.59 Å². The van der Waals surface area contributed by atoms with Crippen LogP contribution in [0.5, 0.6) is 0 Å². The zero-order chi connectivity index (χ0) is 13.8. The molecule has 3 amide bonds. The van der Waals surface area contributed by atoms with Gasteiger partial charge in [0, 0.05) is 23.5 Å². The molecule has 0 aromatic carbocycles. The largest absolute Gasteiger partial charge is 0.354 e. The summed E-state index contributed by atoms with van der Waals surface area (Å²) in [5.41, 5.74) is 0. The summed E-state index contributed by atoms with van der Waals surface area (Å²) in [6, 6.07) is 0.767. The molecular weight excluding hydrogens is 274 g/mol. The van der Waals surface area contributed by atoms with Crippen LogP contribution in [0.4, 0.5) is 4.79 Å². The van der Waals surface area contributed by atoms with Gasteiger partial charge in [-0.3, -0.25) is 4.79 Å². The Labute approximate surface area is 126 Å². The summed E-state index contributed by atoms with van der Waals surface area (Å²) in [5, 5.41) is 9.33. The maximum atomic E-state index is 11.5. The van der Waals surface area contributed by atoms with Crippen molar-refractivity contribution in [3.8, 4) is 0 Å². The summed E-state index contributed by atoms with van der Waals surface area (Å²) >= 11 is 1.93. The lowest BCUT2D eigenvalue weighted by atomic mass is 10.0. The Kier molecular flexibility index (Phi) is 6.65. The van der Waals surface area contributed by atoms with Gasteiger partial charge in [0.15, 0.2) is 0 Å². The smallest absolute Gasteiger partial charge is 0.315 e. The van der Waals surface area contributed by atoms with Gasteiger partial charge < -0.3 is 16.0 Å². The first-order valence-electron chi connectivity index (χ1n) is 7.04. The van der Waals surface area contributed by atoms with Crippen LogP contribution in [0.3, 0.4) is 0 Å². The van der Waals surface area contributed by atoms with E-state index in [1.54, 1.807) is 0 Å². The average Bonchev–Trinajstić information content (AvgIpc) is 2.83. The molecule has 116 valence electrons. The molecule has 0 bridgehead atoms. The molecule has 0 spiro atoms. The number of urea groups is 1. The molecule has 2 fully saturated rings. The van der Waals surface area contributed by atoms with Crippen molar-refractivity contribution >= 4 is 23.7 Å². The van der Waals surface area contributed by atoms with Crippen LogP contribution in [0.25, 0.3) is 0 Å². The van der Waals surface area contributed by atoms with Gasteiger partial charge in [0.1, 0.15) is 0 Å². The van der Waals surface area contributed by atoms with Crippen molar-refractivity contribution in [2.24, 2.45) is 0 Å². The highest BCUT2D eigenvalue weighted by molar-refractivity contribution is 8.00. The number of carbonyl (C=O) groups excluding carboxylic acids is 2. The number of hydrogen-bond acceptors (Lipinski definition) is 3. The summed E-state index contributed by atoms with van der Waals surface area (Å²) in [6.45, 7) is 3.95. The highest BCUT2D eigenvalue weighted by Gasteiger charge is 2.42. The minimum atomic E-state index is -0.0309. The third-order valence-electron chi connectivity index (χ3n) is 3.53. The molecule has 2 aliphatic rings. The van der Waals surface area contributed by atoms with E-state index in [1.807, 2.05) is 25.6 Å². The second-order valence-corrected chi connectivity index (χ2v) is 6.86. The first-order valence-corrected chi connectivity index (χ1v) is 8.09. The number of thioether (sulfide) groups is 1. The van der Waals surface area contributed by atoms with E-state index >= 15 is 0 Å². The summed E-state index contributed by atoms with van der Waals surface area (Å²) < 4.78 is 0. The summed E-state index contributed by atoms with van der Waals surface area (Å²) in [4.78, 5) is 22.7. The van der Waals surface area contributed by atoms with Crippen molar-refractivity contribution in [3.05, 3.63) is 0 Å². The van der Waals surface area contributed by atoms with E-state index < -0.39 is 0 Å². The maximum Gasteiger partial charge on any atom is 0.315 e. The molecule has 2 heterocycles. The fourth-order valence-electron chi connectivity index (χ4n) is 2.67. The molecule has 6 heteroatoms. The topological polar surface area (TPSA) is 70.2 Å². The van der Waals surface area contributed by atoms with Crippen LogP contribution in [0.1, 0.15) is 47.0 Å². The van der Waals surface area contributed by atoms with Gasteiger partial charge in [-0.1, -0.05) is 13.8 Å². The van der Waals surface area contributed by atoms with E-state index in [1.165, 1.54) is 0 Å². The third kappa shape index (κ3) is 4.58. The monoisotopic (exact) mass is 301 g/mol. The zero-order valence-corrected chi connectivity index (χ0v) is 12.4. The van der Waals surface area contributed by atoms with Crippen LogP contribution in [0.15, 0.2) is 0 Å². The summed E-state index contributed by atoms with van der Waals surface area (Å²) in [7, 11) is 0. The SMILES string of the molecule is C.CC(C)NC(=O)CCCC[C@@H]1SC[C@@H]2NC(=O)N[C@@H]21. The molecule has 5 nitrogen and oxygen atoms in total. The molecule has 3 atom stereocenters. The van der Waals surface area contributed by atoms with Gasteiger partial charge in [0.25, 0.3) is 0 Å². The Morgan fingerprint density at radius 1 is 1.40 bits per heavy atom. The standard InChI is InChI=1S/C13H23N3O2S.CH4/c1-8(2)14-11(17)6-4-3-5-10-12-9(7-19-10)15-13(18)16-12;/h8-10,12H,3-7H2,1-2H3,(H,14,17)(H2,15,16,18);1H4/t9-,10-,12-;/m0./s1. The molecule has 0 aliphatic carbocycles. The van der Waals surface area contributed by atoms with Gasteiger partial charge in [0.2, 0.25) is 5.91 Å². The predicted octanol–water partition coefficient (Wildman–Crippen LogP) is 1.87. The van der Waals surface area contributed by atoms with E-state index in [0.717, 1.165) is 25.0 Å². The van der Waals surface area contributed by atoms with Crippen LogP contribution in [0.2, 0.25) is 0 Å². The second-order valence-electron chi connectivity index (χ2n) is 5.59.